The molecule has 2 aromatic carbocycles. The molecule has 3 unspecified atom stereocenters. The zero-order chi connectivity index (χ0) is 31.1. The number of methoxy groups -OCH3 is 1. The normalized spacial score (nSPS) is 21.5. The highest BCUT2D eigenvalue weighted by atomic mass is 16.5. The number of benzene rings is 2. The van der Waals surface area contributed by atoms with E-state index in [1.807, 2.05) is 23.1 Å². The second kappa shape index (κ2) is 14.5. The summed E-state index contributed by atoms with van der Waals surface area (Å²) < 4.78 is 11.2. The largest absolute Gasteiger partial charge is 0.476 e. The molecular formula is C35H49N3O5. The fourth-order valence-electron chi connectivity index (χ4n) is 5.80. The Morgan fingerprint density at radius 2 is 1.81 bits per heavy atom. The number of ketones is 1. The van der Waals surface area contributed by atoms with Gasteiger partial charge in [-0.3, -0.25) is 14.4 Å². The first-order valence-electron chi connectivity index (χ1n) is 15.8. The number of nitrogens with zero attached hydrogens (tertiary/aromatic N) is 2. The molecule has 2 fully saturated rings. The fraction of sp³-hybridized carbons (Fsp3) is 0.571. The van der Waals surface area contributed by atoms with Crippen LogP contribution in [-0.2, 0) is 19.1 Å². The number of amides is 2. The third kappa shape index (κ3) is 8.03. The van der Waals surface area contributed by atoms with Crippen LogP contribution in [0.3, 0.4) is 0 Å². The summed E-state index contributed by atoms with van der Waals surface area (Å²) in [6.07, 6.45) is 4.42. The summed E-state index contributed by atoms with van der Waals surface area (Å²) in [5.74, 6) is 1.05. The van der Waals surface area contributed by atoms with Crippen molar-refractivity contribution in [2.75, 3.05) is 43.2 Å². The standard InChI is InChI=1S/C25H35N3O5.C10H14/c1-16(29)17-12-18(15-26-14-17)23(30)28(19-6-7-19)20-8-9-22-21(13-20)27(10-5-11-32-4)24(31)25(2,3)33-22;1-3-9(2)10-7-5-4-6-8-10/h8-9,13,17-19,26H,5-7,10-12,14-15H2,1-4H3;4-9H,3H2,1-2H3. The lowest BCUT2D eigenvalue weighted by molar-refractivity contribution is -0.132. The number of fused-ring (bicyclic) bond motifs is 1. The molecule has 1 saturated heterocycles. The number of carbonyl (C=O) groups excluding carboxylic acids is 3. The molecule has 1 N–H and O–H groups in total. The summed E-state index contributed by atoms with van der Waals surface area (Å²) in [7, 11) is 1.65. The van der Waals surface area contributed by atoms with E-state index < -0.39 is 5.60 Å². The molecule has 2 amide bonds. The first-order chi connectivity index (χ1) is 20.6. The number of anilines is 2. The van der Waals surface area contributed by atoms with E-state index in [2.05, 4.69) is 49.5 Å². The van der Waals surface area contributed by atoms with Crippen LogP contribution in [0.25, 0.3) is 0 Å². The number of ether oxygens (including phenoxy) is 2. The van der Waals surface area contributed by atoms with Crippen LogP contribution in [-0.4, -0.2) is 62.6 Å². The van der Waals surface area contributed by atoms with Gasteiger partial charge >= 0.3 is 0 Å². The quantitative estimate of drug-likeness (QED) is 0.355. The molecule has 2 heterocycles. The van der Waals surface area contributed by atoms with Crippen LogP contribution < -0.4 is 19.9 Å². The molecule has 0 radical (unpaired) electrons. The number of hydrogen-bond donors (Lipinski definition) is 1. The van der Waals surface area contributed by atoms with E-state index in [0.29, 0.717) is 56.4 Å². The maximum atomic E-state index is 13.6. The Morgan fingerprint density at radius 1 is 1.12 bits per heavy atom. The third-order valence-corrected chi connectivity index (χ3v) is 8.77. The summed E-state index contributed by atoms with van der Waals surface area (Å²) in [5, 5.41) is 3.26. The summed E-state index contributed by atoms with van der Waals surface area (Å²) in [6, 6.07) is 16.5. The molecule has 0 aromatic heterocycles. The highest BCUT2D eigenvalue weighted by Gasteiger charge is 2.43. The Kier molecular flexibility index (Phi) is 11.0. The molecule has 43 heavy (non-hydrogen) atoms. The lowest BCUT2D eigenvalue weighted by atomic mass is 9.87. The number of piperidine rings is 1. The molecule has 0 spiro atoms. The molecule has 234 valence electrons. The van der Waals surface area contributed by atoms with Gasteiger partial charge in [-0.05, 0) is 82.6 Å². The van der Waals surface area contributed by atoms with Gasteiger partial charge in [0.05, 0.1) is 11.6 Å². The van der Waals surface area contributed by atoms with Crippen LogP contribution in [0.1, 0.15) is 78.2 Å². The minimum absolute atomic E-state index is 0.0465. The second-order valence-electron chi connectivity index (χ2n) is 12.6. The minimum Gasteiger partial charge on any atom is -0.476 e. The van der Waals surface area contributed by atoms with Crippen LogP contribution in [0.5, 0.6) is 5.75 Å². The summed E-state index contributed by atoms with van der Waals surface area (Å²) in [4.78, 5) is 42.3. The summed E-state index contributed by atoms with van der Waals surface area (Å²) in [6.45, 7) is 11.9. The first kappa shape index (κ1) is 32.7. The molecule has 3 aliphatic rings. The van der Waals surface area contributed by atoms with Gasteiger partial charge in [0.2, 0.25) is 5.91 Å². The molecule has 2 aromatic rings. The lowest BCUT2D eigenvalue weighted by Gasteiger charge is -2.39. The van der Waals surface area contributed by atoms with E-state index in [1.54, 1.807) is 32.8 Å². The predicted molar refractivity (Wildman–Crippen MR) is 171 cm³/mol. The van der Waals surface area contributed by atoms with Gasteiger partial charge in [-0.2, -0.15) is 0 Å². The van der Waals surface area contributed by atoms with Gasteiger partial charge in [0.25, 0.3) is 5.91 Å². The first-order valence-corrected chi connectivity index (χ1v) is 15.8. The van der Waals surface area contributed by atoms with Gasteiger partial charge in [-0.15, -0.1) is 0 Å². The Bertz CT molecular complexity index is 1260. The Labute approximate surface area is 257 Å². The lowest BCUT2D eigenvalue weighted by Crippen LogP contribution is -2.53. The van der Waals surface area contributed by atoms with Crippen molar-refractivity contribution in [3.63, 3.8) is 0 Å². The topological polar surface area (TPSA) is 88.2 Å². The molecule has 5 rings (SSSR count). The molecule has 0 bridgehead atoms. The van der Waals surface area contributed by atoms with Crippen LogP contribution in [0.15, 0.2) is 48.5 Å². The maximum Gasteiger partial charge on any atom is 0.270 e. The van der Waals surface area contributed by atoms with Gasteiger partial charge in [0.15, 0.2) is 5.60 Å². The SMILES string of the molecule is CCC(C)c1ccccc1.COCCCN1C(=O)C(C)(C)Oc2ccc(N(C(=O)C3CNCC(C(C)=O)C3)C3CC3)cc21. The van der Waals surface area contributed by atoms with Crippen LogP contribution in [0.4, 0.5) is 11.4 Å². The van der Waals surface area contributed by atoms with E-state index in [4.69, 9.17) is 9.47 Å². The second-order valence-corrected chi connectivity index (χ2v) is 12.6. The van der Waals surface area contributed by atoms with Crippen molar-refractivity contribution in [2.45, 2.75) is 84.3 Å². The number of rotatable bonds is 10. The van der Waals surface area contributed by atoms with Crippen LogP contribution in [0.2, 0.25) is 0 Å². The van der Waals surface area contributed by atoms with Crippen molar-refractivity contribution < 1.29 is 23.9 Å². The molecule has 8 heteroatoms. The van der Waals surface area contributed by atoms with E-state index >= 15 is 0 Å². The average molecular weight is 592 g/mol. The van der Waals surface area contributed by atoms with Gasteiger partial charge < -0.3 is 24.6 Å². The van der Waals surface area contributed by atoms with Crippen molar-refractivity contribution in [1.82, 2.24) is 5.32 Å². The van der Waals surface area contributed by atoms with Crippen LogP contribution in [0, 0.1) is 11.8 Å². The maximum absolute atomic E-state index is 13.6. The highest BCUT2D eigenvalue weighted by molar-refractivity contribution is 6.04. The molecule has 3 atom stereocenters. The van der Waals surface area contributed by atoms with E-state index in [0.717, 1.165) is 18.5 Å². The van der Waals surface area contributed by atoms with E-state index in [9.17, 15) is 14.4 Å². The van der Waals surface area contributed by atoms with Crippen molar-refractivity contribution in [1.29, 1.82) is 0 Å². The number of carbonyl (C=O) groups is 3. The average Bonchev–Trinajstić information content (AvgIpc) is 3.85. The molecule has 8 nitrogen and oxygen atoms in total. The van der Waals surface area contributed by atoms with Gasteiger partial charge in [0, 0.05) is 51.0 Å². The smallest absolute Gasteiger partial charge is 0.270 e. The summed E-state index contributed by atoms with van der Waals surface area (Å²) in [5.41, 5.74) is 1.96. The van der Waals surface area contributed by atoms with Crippen molar-refractivity contribution in [3.05, 3.63) is 54.1 Å². The van der Waals surface area contributed by atoms with Crippen molar-refractivity contribution in [3.8, 4) is 5.75 Å². The molecule has 1 aliphatic carbocycles. The van der Waals surface area contributed by atoms with Gasteiger partial charge in [-0.1, -0.05) is 44.2 Å². The predicted octanol–water partition coefficient (Wildman–Crippen LogP) is 5.74. The van der Waals surface area contributed by atoms with E-state index in [1.165, 1.54) is 12.0 Å². The minimum atomic E-state index is -0.955. The van der Waals surface area contributed by atoms with Gasteiger partial charge in [-0.25, -0.2) is 0 Å². The molecule has 2 aliphatic heterocycles. The Balaban J connectivity index is 0.000000359. The van der Waals surface area contributed by atoms with Crippen molar-refractivity contribution in [2.24, 2.45) is 11.8 Å². The number of nitrogens with one attached hydrogen (secondary N) is 1. The van der Waals surface area contributed by atoms with Crippen molar-refractivity contribution >= 4 is 29.0 Å². The Hall–Kier alpha value is -3.23. The monoisotopic (exact) mass is 591 g/mol. The zero-order valence-electron chi connectivity index (χ0n) is 26.7. The van der Waals surface area contributed by atoms with Crippen LogP contribution >= 0.6 is 0 Å². The zero-order valence-corrected chi connectivity index (χ0v) is 26.7. The fourth-order valence-corrected chi connectivity index (χ4v) is 5.80. The highest BCUT2D eigenvalue weighted by Crippen LogP contribution is 2.43. The third-order valence-electron chi connectivity index (χ3n) is 8.77. The molecular weight excluding hydrogens is 542 g/mol. The Morgan fingerprint density at radius 3 is 2.44 bits per heavy atom. The summed E-state index contributed by atoms with van der Waals surface area (Å²) >= 11 is 0. The number of Topliss-reactive ketones (excluding diaryl/α,β-unsaturated/α-hetero) is 1. The van der Waals surface area contributed by atoms with Gasteiger partial charge in [0.1, 0.15) is 11.5 Å². The van der Waals surface area contributed by atoms with E-state index in [-0.39, 0.29) is 35.5 Å². The number of hydrogen-bond acceptors (Lipinski definition) is 6. The molecule has 1 saturated carbocycles.